The largest absolute Gasteiger partial charge is 0.464 e. The van der Waals surface area contributed by atoms with Crippen molar-refractivity contribution in [2.75, 3.05) is 33.9 Å². The van der Waals surface area contributed by atoms with E-state index in [4.69, 9.17) is 28.9 Å². The molecule has 3 aliphatic rings. The average Bonchev–Trinajstić information content (AvgIpc) is 4.20. The van der Waals surface area contributed by atoms with Crippen molar-refractivity contribution in [1.82, 2.24) is 44.9 Å². The van der Waals surface area contributed by atoms with Gasteiger partial charge in [0.2, 0.25) is 18.0 Å². The number of H-pyrrole nitrogens is 2. The summed E-state index contributed by atoms with van der Waals surface area (Å²) in [5.74, 6) is 0.446. The van der Waals surface area contributed by atoms with Crippen molar-refractivity contribution in [3.05, 3.63) is 87.6 Å². The van der Waals surface area contributed by atoms with E-state index >= 15 is 4.39 Å². The van der Waals surface area contributed by atoms with Crippen LogP contribution >= 0.6 is 11.3 Å². The highest BCUT2D eigenvalue weighted by molar-refractivity contribution is 7.12. The molecule has 2 saturated heterocycles. The molecule has 4 N–H and O–H groups in total. The number of aromatic nitrogens is 5. The van der Waals surface area contributed by atoms with Gasteiger partial charge in [0, 0.05) is 41.1 Å². The average molecular weight is 964 g/mol. The van der Waals surface area contributed by atoms with Gasteiger partial charge in [0.05, 0.1) is 77.8 Å². The summed E-state index contributed by atoms with van der Waals surface area (Å²) in [5.41, 5.74) is 5.68. The van der Waals surface area contributed by atoms with Crippen LogP contribution in [0.1, 0.15) is 98.7 Å². The Morgan fingerprint density at radius 3 is 2.03 bits per heavy atom. The molecular formula is C50H58FN9O8S. The summed E-state index contributed by atoms with van der Waals surface area (Å²) in [6.45, 7) is 12.8. The molecule has 0 bridgehead atoms. The molecule has 0 radical (unpaired) electrons. The van der Waals surface area contributed by atoms with Gasteiger partial charge >= 0.3 is 12.2 Å². The van der Waals surface area contributed by atoms with Gasteiger partial charge in [0.15, 0.2) is 0 Å². The number of nitrogens with one attached hydrogen (secondary N) is 4. The van der Waals surface area contributed by atoms with Crippen molar-refractivity contribution in [3.8, 4) is 39.5 Å². The van der Waals surface area contributed by atoms with Crippen LogP contribution in [0.15, 0.2) is 54.9 Å². The maximum atomic E-state index is 16.9. The van der Waals surface area contributed by atoms with Gasteiger partial charge in [0.25, 0.3) is 0 Å². The number of halogens is 1. The van der Waals surface area contributed by atoms with Gasteiger partial charge < -0.3 is 49.3 Å². The second kappa shape index (κ2) is 19.3. The minimum atomic E-state index is -0.974. The number of imidazole rings is 2. The lowest BCUT2D eigenvalue weighted by atomic mass is 10.0. The van der Waals surface area contributed by atoms with Crippen molar-refractivity contribution in [1.29, 1.82) is 0 Å². The van der Waals surface area contributed by atoms with E-state index in [2.05, 4.69) is 45.1 Å². The first-order valence-electron chi connectivity index (χ1n) is 23.4. The molecule has 2 fully saturated rings. The fraction of sp³-hybridized carbons (Fsp3) is 0.440. The number of hydrogen-bond donors (Lipinski definition) is 4. The van der Waals surface area contributed by atoms with Gasteiger partial charge in [-0.25, -0.2) is 23.9 Å². The number of aryl methyl sites for hydroxylation is 2. The number of benzene rings is 2. The highest BCUT2D eigenvalue weighted by atomic mass is 32.1. The number of thiophene rings is 1. The molecule has 17 nitrogen and oxygen atoms in total. The Hall–Kier alpha value is -6.73. The fourth-order valence-corrected chi connectivity index (χ4v) is 11.0. The van der Waals surface area contributed by atoms with Crippen molar-refractivity contribution in [2.24, 2.45) is 5.92 Å². The number of alkyl carbamates (subject to hydrolysis) is 2. The quantitative estimate of drug-likeness (QED) is 0.0869. The van der Waals surface area contributed by atoms with E-state index in [1.54, 1.807) is 40.5 Å². The SMILES string of the molecule is CCOC(C)[C@H](NC(=O)OC)C(=O)N1CCC[C@H]1c1ncc(-c2cc(F)c3c(c2)OC(c2cc(C)c(C)s2)n2c-3cc3cc(-c4cnc([C@@H]5CCCN5C(=O)[C@@H](NC(=O)OC)C(C)C)[nH]4)ccc32)[nH]1. The molecule has 6 aromatic rings. The van der Waals surface area contributed by atoms with Crippen molar-refractivity contribution < 1.29 is 42.5 Å². The summed E-state index contributed by atoms with van der Waals surface area (Å²) < 4.78 is 41.2. The predicted molar refractivity (Wildman–Crippen MR) is 257 cm³/mol. The summed E-state index contributed by atoms with van der Waals surface area (Å²) in [5, 5.41) is 6.22. The van der Waals surface area contributed by atoms with Crippen LogP contribution in [-0.4, -0.2) is 110 Å². The molecule has 4 aromatic heterocycles. The van der Waals surface area contributed by atoms with Crippen molar-refractivity contribution >= 4 is 46.2 Å². The molecule has 9 rings (SSSR count). The summed E-state index contributed by atoms with van der Waals surface area (Å²) in [7, 11) is 2.52. The molecule has 19 heteroatoms. The lowest BCUT2D eigenvalue weighted by Crippen LogP contribution is -2.54. The third-order valence-electron chi connectivity index (χ3n) is 13.6. The number of hydrogen-bond acceptors (Lipinski definition) is 11. The minimum absolute atomic E-state index is 0.155. The third-order valence-corrected chi connectivity index (χ3v) is 14.8. The van der Waals surface area contributed by atoms with Gasteiger partial charge in [-0.1, -0.05) is 19.9 Å². The number of fused-ring (bicyclic) bond motifs is 5. The summed E-state index contributed by atoms with van der Waals surface area (Å²) >= 11 is 1.64. The van der Waals surface area contributed by atoms with Crippen LogP contribution in [0, 0.1) is 25.6 Å². The van der Waals surface area contributed by atoms with E-state index in [0.29, 0.717) is 66.0 Å². The second-order valence-electron chi connectivity index (χ2n) is 18.2. The monoisotopic (exact) mass is 963 g/mol. The summed E-state index contributed by atoms with van der Waals surface area (Å²) in [6, 6.07) is 11.1. The number of carbonyl (C=O) groups is 4. The number of aromatic amines is 2. The zero-order valence-corrected chi connectivity index (χ0v) is 40.8. The molecule has 2 unspecified atom stereocenters. The van der Waals surface area contributed by atoms with Crippen LogP contribution in [0.5, 0.6) is 5.75 Å². The number of methoxy groups -OCH3 is 2. The molecule has 4 amide bonds. The molecular weight excluding hydrogens is 906 g/mol. The Morgan fingerprint density at radius 1 is 0.841 bits per heavy atom. The first-order valence-corrected chi connectivity index (χ1v) is 24.3. The molecule has 69 heavy (non-hydrogen) atoms. The molecule has 7 heterocycles. The molecule has 364 valence electrons. The Bertz CT molecular complexity index is 2900. The number of likely N-dealkylation sites (tertiary alicyclic amines) is 2. The molecule has 0 saturated carbocycles. The van der Waals surface area contributed by atoms with Crippen LogP contribution in [-0.2, 0) is 23.8 Å². The standard InChI is InChI=1S/C50H58FN9O8S/c1-9-67-27(5)43(57-50(64)66-8)47(62)59-17-11-13-37(59)45-53-24-34(55-45)30-20-32(51)41-38-21-31-19-29(14-15-35(31)60(38)48(68-39(41)22-30)40-18-26(4)28(6)69-40)33-23-52-44(54-33)36-12-10-16-58(36)46(61)42(25(2)3)56-49(63)65-7/h14-15,18-25,27,36-37,42-43,48H,9-13,16-17H2,1-8H3,(H,52,54)(H,53,55)(H,56,63)(H,57,64)/t27?,36-,37-,42-,43-,48?/m0/s1. The summed E-state index contributed by atoms with van der Waals surface area (Å²) in [4.78, 5) is 74.1. The Morgan fingerprint density at radius 2 is 1.45 bits per heavy atom. The van der Waals surface area contributed by atoms with Crippen LogP contribution in [0.4, 0.5) is 14.0 Å². The lowest BCUT2D eigenvalue weighted by Gasteiger charge is -2.31. The van der Waals surface area contributed by atoms with E-state index in [1.165, 1.54) is 20.3 Å². The molecule has 0 aliphatic carbocycles. The van der Waals surface area contributed by atoms with E-state index in [-0.39, 0.29) is 23.8 Å². The fourth-order valence-electron chi connectivity index (χ4n) is 9.93. The Kier molecular flexibility index (Phi) is 13.3. The number of amides is 4. The first kappa shape index (κ1) is 47.3. The van der Waals surface area contributed by atoms with Crippen LogP contribution in [0.2, 0.25) is 0 Å². The predicted octanol–water partition coefficient (Wildman–Crippen LogP) is 8.70. The first-order chi connectivity index (χ1) is 33.2. The smallest absolute Gasteiger partial charge is 0.407 e. The lowest BCUT2D eigenvalue weighted by molar-refractivity contribution is -0.138. The third kappa shape index (κ3) is 8.93. The van der Waals surface area contributed by atoms with Crippen LogP contribution in [0.25, 0.3) is 44.7 Å². The maximum absolute atomic E-state index is 16.9. The van der Waals surface area contributed by atoms with Gasteiger partial charge in [-0.3, -0.25) is 14.2 Å². The topological polar surface area (TPSA) is 198 Å². The van der Waals surface area contributed by atoms with Gasteiger partial charge in [-0.15, -0.1) is 11.3 Å². The zero-order chi connectivity index (χ0) is 48.8. The van der Waals surface area contributed by atoms with Crippen molar-refractivity contribution in [2.45, 2.75) is 104 Å². The van der Waals surface area contributed by atoms with Gasteiger partial charge in [-0.2, -0.15) is 0 Å². The van der Waals surface area contributed by atoms with Gasteiger partial charge in [-0.05, 0) is 101 Å². The number of rotatable bonds is 13. The zero-order valence-electron chi connectivity index (χ0n) is 40.0. The van der Waals surface area contributed by atoms with Gasteiger partial charge in [0.1, 0.15) is 35.3 Å². The highest BCUT2D eigenvalue weighted by Crippen LogP contribution is 2.49. The molecule has 0 spiro atoms. The summed E-state index contributed by atoms with van der Waals surface area (Å²) in [6.07, 6.45) is 3.69. The number of ether oxygens (including phenoxy) is 4. The molecule has 6 atom stereocenters. The van der Waals surface area contributed by atoms with Crippen molar-refractivity contribution in [3.63, 3.8) is 0 Å². The van der Waals surface area contributed by atoms with E-state index in [9.17, 15) is 19.2 Å². The number of carbonyl (C=O) groups excluding carboxylic acids is 4. The molecule has 3 aliphatic heterocycles. The second-order valence-corrected chi connectivity index (χ2v) is 19.5. The Balaban J connectivity index is 1.02. The Labute approximate surface area is 403 Å². The highest BCUT2D eigenvalue weighted by Gasteiger charge is 2.40. The number of nitrogens with zero attached hydrogens (tertiary/aromatic N) is 5. The maximum Gasteiger partial charge on any atom is 0.407 e. The molecule has 2 aromatic carbocycles. The van der Waals surface area contributed by atoms with E-state index < -0.39 is 48.5 Å². The van der Waals surface area contributed by atoms with Crippen LogP contribution in [0.3, 0.4) is 0 Å². The minimum Gasteiger partial charge on any atom is -0.464 e. The normalized spacial score (nSPS) is 19.0. The van der Waals surface area contributed by atoms with Crippen LogP contribution < -0.4 is 15.4 Å². The van der Waals surface area contributed by atoms with E-state index in [1.807, 2.05) is 51.1 Å². The van der Waals surface area contributed by atoms with E-state index in [0.717, 1.165) is 56.7 Å².